The molecule has 0 saturated heterocycles. The highest BCUT2D eigenvalue weighted by Crippen LogP contribution is 2.40. The quantitative estimate of drug-likeness (QED) is 0.176. The van der Waals surface area contributed by atoms with E-state index in [0.29, 0.717) is 5.82 Å². The van der Waals surface area contributed by atoms with Crippen molar-refractivity contribution >= 4 is 65.3 Å². The molecular weight excluding hydrogens is 633 g/mol. The number of para-hydroxylation sites is 4. The lowest BCUT2D eigenvalue weighted by Crippen LogP contribution is -2.00. The highest BCUT2D eigenvalue weighted by Gasteiger charge is 2.20. The second-order valence-corrected chi connectivity index (χ2v) is 13.4. The molecule has 0 amide bonds. The molecule has 0 fully saturated rings. The van der Waals surface area contributed by atoms with E-state index in [9.17, 15) is 0 Å². The standard InChI is InChI=1S/C48H30N4/c1-2-14-31(15-3-1)46-40-30-45(52-43-24-12-8-18-36(43)37-19-9-13-25-44(37)52)38-20-4-5-21-39(38)47(40)50-48(49-46)32-26-28-33(29-27-32)51-41-22-10-6-16-34(41)35-17-7-11-23-42(35)51/h1-30H. The Labute approximate surface area is 299 Å². The van der Waals surface area contributed by atoms with Crippen LogP contribution in [0.2, 0.25) is 0 Å². The molecular formula is C48H30N4. The summed E-state index contributed by atoms with van der Waals surface area (Å²) in [6.45, 7) is 0. The van der Waals surface area contributed by atoms with Crippen LogP contribution in [-0.4, -0.2) is 19.1 Å². The van der Waals surface area contributed by atoms with Crippen molar-refractivity contribution in [3.05, 3.63) is 182 Å². The summed E-state index contributed by atoms with van der Waals surface area (Å²) in [4.78, 5) is 10.7. The fourth-order valence-electron chi connectivity index (χ4n) is 8.21. The molecule has 52 heavy (non-hydrogen) atoms. The summed E-state index contributed by atoms with van der Waals surface area (Å²) >= 11 is 0. The van der Waals surface area contributed by atoms with Gasteiger partial charge in [0.1, 0.15) is 0 Å². The van der Waals surface area contributed by atoms with E-state index in [1.54, 1.807) is 0 Å². The molecule has 4 nitrogen and oxygen atoms in total. The molecule has 0 unspecified atom stereocenters. The Balaban J connectivity index is 1.16. The van der Waals surface area contributed by atoms with Gasteiger partial charge in [-0.3, -0.25) is 0 Å². The molecule has 242 valence electrons. The van der Waals surface area contributed by atoms with Gasteiger partial charge in [-0.2, -0.15) is 0 Å². The number of hydrogen-bond acceptors (Lipinski definition) is 2. The predicted molar refractivity (Wildman–Crippen MR) is 217 cm³/mol. The smallest absolute Gasteiger partial charge is 0.160 e. The van der Waals surface area contributed by atoms with Crippen LogP contribution in [-0.2, 0) is 0 Å². The Morgan fingerprint density at radius 3 is 1.35 bits per heavy atom. The molecule has 0 bridgehead atoms. The Hall–Kier alpha value is -7.04. The first-order valence-corrected chi connectivity index (χ1v) is 17.7. The van der Waals surface area contributed by atoms with Gasteiger partial charge in [-0.1, -0.05) is 127 Å². The first-order valence-electron chi connectivity index (χ1n) is 17.7. The zero-order chi connectivity index (χ0) is 34.2. The van der Waals surface area contributed by atoms with Crippen molar-refractivity contribution in [1.29, 1.82) is 0 Å². The van der Waals surface area contributed by atoms with Gasteiger partial charge >= 0.3 is 0 Å². The van der Waals surface area contributed by atoms with Gasteiger partial charge in [0.25, 0.3) is 0 Å². The van der Waals surface area contributed by atoms with Crippen LogP contribution in [0.4, 0.5) is 0 Å². The molecule has 0 radical (unpaired) electrons. The number of aromatic nitrogens is 4. The summed E-state index contributed by atoms with van der Waals surface area (Å²) in [5.41, 5.74) is 10.8. The molecule has 11 aromatic rings. The van der Waals surface area contributed by atoms with Crippen LogP contribution < -0.4 is 0 Å². The van der Waals surface area contributed by atoms with Gasteiger partial charge in [0.05, 0.1) is 39.0 Å². The molecule has 0 saturated carbocycles. The van der Waals surface area contributed by atoms with Gasteiger partial charge in [-0.25, -0.2) is 9.97 Å². The van der Waals surface area contributed by atoms with Crippen LogP contribution in [0.1, 0.15) is 0 Å². The van der Waals surface area contributed by atoms with Crippen molar-refractivity contribution in [2.24, 2.45) is 0 Å². The van der Waals surface area contributed by atoms with E-state index in [1.807, 2.05) is 0 Å². The number of fused-ring (bicyclic) bond motifs is 9. The molecule has 3 heterocycles. The lowest BCUT2D eigenvalue weighted by Gasteiger charge is -2.17. The molecule has 11 rings (SSSR count). The third-order valence-electron chi connectivity index (χ3n) is 10.5. The minimum absolute atomic E-state index is 0.704. The minimum atomic E-state index is 0.704. The van der Waals surface area contributed by atoms with Crippen molar-refractivity contribution in [2.75, 3.05) is 0 Å². The molecule has 4 heteroatoms. The van der Waals surface area contributed by atoms with Gasteiger partial charge in [0, 0.05) is 54.5 Å². The van der Waals surface area contributed by atoms with Crippen LogP contribution >= 0.6 is 0 Å². The lowest BCUT2D eigenvalue weighted by atomic mass is 9.99. The normalized spacial score (nSPS) is 11.8. The summed E-state index contributed by atoms with van der Waals surface area (Å²) in [5, 5.41) is 8.24. The average molecular weight is 663 g/mol. The summed E-state index contributed by atoms with van der Waals surface area (Å²) < 4.78 is 4.75. The minimum Gasteiger partial charge on any atom is -0.309 e. The second-order valence-electron chi connectivity index (χ2n) is 13.4. The largest absolute Gasteiger partial charge is 0.309 e. The maximum Gasteiger partial charge on any atom is 0.160 e. The molecule has 0 aliphatic carbocycles. The Morgan fingerprint density at radius 1 is 0.327 bits per heavy atom. The second kappa shape index (κ2) is 11.2. The van der Waals surface area contributed by atoms with Crippen LogP contribution in [0.5, 0.6) is 0 Å². The van der Waals surface area contributed by atoms with E-state index in [1.165, 1.54) is 43.6 Å². The lowest BCUT2D eigenvalue weighted by molar-refractivity contribution is 1.17. The molecule has 0 spiro atoms. The fraction of sp³-hybridized carbons (Fsp3) is 0. The molecule has 8 aromatic carbocycles. The zero-order valence-corrected chi connectivity index (χ0v) is 28.1. The molecule has 0 aliphatic rings. The summed E-state index contributed by atoms with van der Waals surface area (Å²) in [6, 6.07) is 64.7. The maximum absolute atomic E-state index is 5.37. The van der Waals surface area contributed by atoms with E-state index in [2.05, 4.69) is 191 Å². The summed E-state index contributed by atoms with van der Waals surface area (Å²) in [6.07, 6.45) is 0. The number of rotatable bonds is 4. The molecule has 3 aromatic heterocycles. The van der Waals surface area contributed by atoms with Crippen molar-refractivity contribution < 1.29 is 0 Å². The van der Waals surface area contributed by atoms with E-state index in [-0.39, 0.29) is 0 Å². The Kier molecular flexibility index (Phi) is 6.22. The topological polar surface area (TPSA) is 35.6 Å². The van der Waals surface area contributed by atoms with Crippen molar-refractivity contribution in [1.82, 2.24) is 19.1 Å². The van der Waals surface area contributed by atoms with Crippen molar-refractivity contribution in [3.63, 3.8) is 0 Å². The maximum atomic E-state index is 5.37. The van der Waals surface area contributed by atoms with Gasteiger partial charge < -0.3 is 9.13 Å². The highest BCUT2D eigenvalue weighted by atomic mass is 15.0. The van der Waals surface area contributed by atoms with E-state index in [4.69, 9.17) is 9.97 Å². The zero-order valence-electron chi connectivity index (χ0n) is 28.1. The highest BCUT2D eigenvalue weighted by molar-refractivity contribution is 6.16. The first-order chi connectivity index (χ1) is 25.8. The number of benzene rings is 8. The van der Waals surface area contributed by atoms with Gasteiger partial charge in [0.15, 0.2) is 5.82 Å². The van der Waals surface area contributed by atoms with Gasteiger partial charge in [0.2, 0.25) is 0 Å². The number of hydrogen-bond donors (Lipinski definition) is 0. The van der Waals surface area contributed by atoms with Crippen LogP contribution in [0.15, 0.2) is 182 Å². The third kappa shape index (κ3) is 4.21. The molecule has 0 N–H and O–H groups in total. The van der Waals surface area contributed by atoms with E-state index < -0.39 is 0 Å². The van der Waals surface area contributed by atoms with Crippen molar-refractivity contribution in [2.45, 2.75) is 0 Å². The van der Waals surface area contributed by atoms with Gasteiger partial charge in [-0.15, -0.1) is 0 Å². The van der Waals surface area contributed by atoms with Crippen LogP contribution in [0, 0.1) is 0 Å². The predicted octanol–water partition coefficient (Wildman–Crippen LogP) is 12.3. The van der Waals surface area contributed by atoms with Gasteiger partial charge in [-0.05, 0) is 54.6 Å². The molecule has 0 atom stereocenters. The van der Waals surface area contributed by atoms with Crippen molar-refractivity contribution in [3.8, 4) is 34.0 Å². The monoisotopic (exact) mass is 662 g/mol. The first kappa shape index (κ1) is 28.8. The Morgan fingerprint density at radius 2 is 0.788 bits per heavy atom. The summed E-state index contributed by atoms with van der Waals surface area (Å²) in [7, 11) is 0. The number of nitrogens with zero attached hydrogens (tertiary/aromatic N) is 4. The average Bonchev–Trinajstić information content (AvgIpc) is 3.74. The van der Waals surface area contributed by atoms with Crippen LogP contribution in [0.25, 0.3) is 99.3 Å². The van der Waals surface area contributed by atoms with E-state index in [0.717, 1.165) is 49.9 Å². The van der Waals surface area contributed by atoms with E-state index >= 15 is 0 Å². The SMILES string of the molecule is c1ccc(-c2nc(-c3ccc(-n4c5ccccc5c5ccccc54)cc3)nc3c2cc(-n2c4ccccc4c4ccccc42)c2ccccc23)cc1. The fourth-order valence-corrected chi connectivity index (χ4v) is 8.21. The summed E-state index contributed by atoms with van der Waals surface area (Å²) in [5.74, 6) is 0.704. The third-order valence-corrected chi connectivity index (χ3v) is 10.5. The van der Waals surface area contributed by atoms with Crippen LogP contribution in [0.3, 0.4) is 0 Å². The Bertz CT molecular complexity index is 3060. The molecule has 0 aliphatic heterocycles.